The van der Waals surface area contributed by atoms with Gasteiger partial charge in [0.1, 0.15) is 0 Å². The van der Waals surface area contributed by atoms with Gasteiger partial charge in [0, 0.05) is 17.4 Å². The zero-order valence-corrected chi connectivity index (χ0v) is 7.77. The zero-order valence-electron chi connectivity index (χ0n) is 7.77. The molecule has 0 aliphatic heterocycles. The van der Waals surface area contributed by atoms with Crippen molar-refractivity contribution in [3.63, 3.8) is 0 Å². The maximum atomic E-state index is 11.2. The van der Waals surface area contributed by atoms with Crippen LogP contribution in [0.15, 0.2) is 36.5 Å². The van der Waals surface area contributed by atoms with Crippen LogP contribution in [-0.4, -0.2) is 17.2 Å². The summed E-state index contributed by atoms with van der Waals surface area (Å²) in [6.07, 6.45) is 1.66. The van der Waals surface area contributed by atoms with Crippen molar-refractivity contribution < 1.29 is 0 Å². The summed E-state index contributed by atoms with van der Waals surface area (Å²) in [6, 6.07) is 9.23. The smallest absolute Gasteiger partial charge is 0.0670 e. The lowest BCUT2D eigenvalue weighted by molar-refractivity contribution is 1.09. The van der Waals surface area contributed by atoms with Crippen LogP contribution in [0.5, 0.6) is 0 Å². The highest BCUT2D eigenvalue weighted by Crippen LogP contribution is 2.27. The fraction of sp³-hybridized carbons (Fsp3) is 0.100. The van der Waals surface area contributed by atoms with E-state index in [-0.39, 0.29) is 0 Å². The Labute approximate surface area is 81.8 Å². The van der Waals surface area contributed by atoms with Gasteiger partial charge in [-0.05, 0) is 19.2 Å². The van der Waals surface area contributed by atoms with Crippen LogP contribution in [-0.2, 0) is 0 Å². The number of para-hydroxylation sites is 1. The van der Waals surface area contributed by atoms with Gasteiger partial charge < -0.3 is 10.3 Å². The minimum absolute atomic E-state index is 0.636. The summed E-state index contributed by atoms with van der Waals surface area (Å²) in [5.41, 5.74) is 2.35. The van der Waals surface area contributed by atoms with Gasteiger partial charge >= 0.3 is 0 Å². The van der Waals surface area contributed by atoms with E-state index in [0.29, 0.717) is 5.69 Å². The van der Waals surface area contributed by atoms with E-state index in [1.54, 1.807) is 12.3 Å². The second kappa shape index (κ2) is 3.51. The summed E-state index contributed by atoms with van der Waals surface area (Å²) in [4.78, 5) is 0. The van der Waals surface area contributed by atoms with Crippen LogP contribution in [0.4, 0.5) is 5.69 Å². The number of benzene rings is 1. The second-order valence-electron chi connectivity index (χ2n) is 2.98. The zero-order chi connectivity index (χ0) is 9.97. The molecule has 0 aliphatic carbocycles. The van der Waals surface area contributed by atoms with Crippen LogP contribution in [0.3, 0.4) is 0 Å². The highest BCUT2D eigenvalue weighted by molar-refractivity contribution is 5.76. The third-order valence-electron chi connectivity index (χ3n) is 2.03. The van der Waals surface area contributed by atoms with E-state index >= 15 is 0 Å². The molecule has 2 aromatic rings. The monoisotopic (exact) mass is 188 g/mol. The largest absolute Gasteiger partial charge is 0.758 e. The molecule has 1 aromatic heterocycles. The summed E-state index contributed by atoms with van der Waals surface area (Å²) in [5.74, 6) is 0. The van der Waals surface area contributed by atoms with Crippen molar-refractivity contribution in [3.05, 3.63) is 41.7 Å². The Morgan fingerprint density at radius 3 is 2.71 bits per heavy atom. The van der Waals surface area contributed by atoms with Crippen LogP contribution in [0.1, 0.15) is 0 Å². The summed E-state index contributed by atoms with van der Waals surface area (Å²) in [5, 5.41) is 18.8. The van der Waals surface area contributed by atoms with Gasteiger partial charge in [-0.3, -0.25) is 5.10 Å². The average molecular weight is 188 g/mol. The summed E-state index contributed by atoms with van der Waals surface area (Å²) in [6.45, 7) is 0. The number of nitrogens with one attached hydrogen (secondary N) is 1. The van der Waals surface area contributed by atoms with E-state index in [4.69, 9.17) is 0 Å². The number of nitrogens with zero attached hydrogens (tertiary/aromatic N) is 2. The number of aromatic amines is 1. The number of rotatable bonds is 2. The first-order valence-corrected chi connectivity index (χ1v) is 4.28. The number of hydrogen-bond acceptors (Lipinski definition) is 3. The van der Waals surface area contributed by atoms with Gasteiger partial charge in [0.15, 0.2) is 0 Å². The Balaban J connectivity index is 2.53. The first-order valence-electron chi connectivity index (χ1n) is 4.28. The SMILES string of the molecule is CN([O-])c1ccccc1-c1ccn[nH]1. The Morgan fingerprint density at radius 2 is 2.07 bits per heavy atom. The van der Waals surface area contributed by atoms with Crippen LogP contribution in [0.25, 0.3) is 11.3 Å². The standard InChI is InChI=1S/C10H10N3O/c1-13(14)10-5-3-2-4-8(10)9-6-7-11-12-9/h2-7H,1H3,(H,11,12)/q-1. The molecule has 0 unspecified atom stereocenters. The normalized spacial score (nSPS) is 10.1. The minimum atomic E-state index is 0.636. The van der Waals surface area contributed by atoms with E-state index in [0.717, 1.165) is 16.3 Å². The Kier molecular flexibility index (Phi) is 2.20. The molecule has 2 rings (SSSR count). The van der Waals surface area contributed by atoms with Gasteiger partial charge in [0.2, 0.25) is 0 Å². The minimum Gasteiger partial charge on any atom is -0.758 e. The Hall–Kier alpha value is -1.81. The molecule has 1 N–H and O–H groups in total. The molecule has 4 heteroatoms. The molecule has 72 valence electrons. The lowest BCUT2D eigenvalue weighted by atomic mass is 10.1. The van der Waals surface area contributed by atoms with Gasteiger partial charge in [0.05, 0.1) is 5.69 Å². The summed E-state index contributed by atoms with van der Waals surface area (Å²) < 4.78 is 0. The molecule has 0 radical (unpaired) electrons. The highest BCUT2D eigenvalue weighted by atomic mass is 16.5. The Bertz CT molecular complexity index is 409. The third kappa shape index (κ3) is 1.47. The fourth-order valence-electron chi connectivity index (χ4n) is 1.38. The highest BCUT2D eigenvalue weighted by Gasteiger charge is 2.04. The van der Waals surface area contributed by atoms with Crippen LogP contribution in [0, 0.1) is 5.21 Å². The molecule has 0 fully saturated rings. The predicted octanol–water partition coefficient (Wildman–Crippen LogP) is 2.01. The van der Waals surface area contributed by atoms with Crippen molar-refractivity contribution in [2.24, 2.45) is 0 Å². The number of anilines is 1. The molecule has 14 heavy (non-hydrogen) atoms. The van der Waals surface area contributed by atoms with E-state index in [1.807, 2.05) is 24.3 Å². The predicted molar refractivity (Wildman–Crippen MR) is 55.8 cm³/mol. The Morgan fingerprint density at radius 1 is 1.29 bits per heavy atom. The van der Waals surface area contributed by atoms with Gasteiger partial charge in [-0.15, -0.1) is 0 Å². The summed E-state index contributed by atoms with van der Waals surface area (Å²) in [7, 11) is 1.48. The molecule has 0 amide bonds. The van der Waals surface area contributed by atoms with Crippen molar-refractivity contribution in [1.82, 2.24) is 10.2 Å². The first-order chi connectivity index (χ1) is 6.79. The molecule has 0 bridgehead atoms. The maximum absolute atomic E-state index is 11.2. The van der Waals surface area contributed by atoms with E-state index in [1.165, 1.54) is 7.05 Å². The van der Waals surface area contributed by atoms with E-state index < -0.39 is 0 Å². The van der Waals surface area contributed by atoms with Crippen LogP contribution in [0.2, 0.25) is 0 Å². The topological polar surface area (TPSA) is 55.0 Å². The lowest BCUT2D eigenvalue weighted by Crippen LogP contribution is -2.07. The van der Waals surface area contributed by atoms with Crippen molar-refractivity contribution >= 4 is 5.69 Å². The number of hydroxylamine groups is 1. The molecular weight excluding hydrogens is 178 g/mol. The summed E-state index contributed by atoms with van der Waals surface area (Å²) >= 11 is 0. The molecule has 0 saturated heterocycles. The number of aromatic nitrogens is 2. The van der Waals surface area contributed by atoms with Crippen molar-refractivity contribution in [3.8, 4) is 11.3 Å². The second-order valence-corrected chi connectivity index (χ2v) is 2.98. The quantitative estimate of drug-likeness (QED) is 0.733. The molecule has 0 aliphatic rings. The number of hydrogen-bond donors (Lipinski definition) is 1. The van der Waals surface area contributed by atoms with Crippen molar-refractivity contribution in [2.45, 2.75) is 0 Å². The molecule has 0 saturated carbocycles. The third-order valence-corrected chi connectivity index (χ3v) is 2.03. The number of H-pyrrole nitrogens is 1. The molecule has 4 nitrogen and oxygen atoms in total. The maximum Gasteiger partial charge on any atom is 0.0670 e. The van der Waals surface area contributed by atoms with Gasteiger partial charge in [-0.2, -0.15) is 5.10 Å². The van der Waals surface area contributed by atoms with Crippen LogP contribution < -0.4 is 5.06 Å². The molecule has 1 heterocycles. The fourth-order valence-corrected chi connectivity index (χ4v) is 1.38. The van der Waals surface area contributed by atoms with Gasteiger partial charge in [0.25, 0.3) is 0 Å². The van der Waals surface area contributed by atoms with Gasteiger partial charge in [-0.25, -0.2) is 0 Å². The van der Waals surface area contributed by atoms with Crippen molar-refractivity contribution in [1.29, 1.82) is 0 Å². The molecular formula is C10H10N3O-. The van der Waals surface area contributed by atoms with E-state index in [2.05, 4.69) is 10.2 Å². The molecule has 0 spiro atoms. The van der Waals surface area contributed by atoms with Crippen molar-refractivity contribution in [2.75, 3.05) is 12.1 Å². The first kappa shape index (κ1) is 8.77. The lowest BCUT2D eigenvalue weighted by Gasteiger charge is -2.26. The average Bonchev–Trinajstić information content (AvgIpc) is 2.70. The van der Waals surface area contributed by atoms with Gasteiger partial charge in [-0.1, -0.05) is 18.2 Å². The van der Waals surface area contributed by atoms with Crippen LogP contribution >= 0.6 is 0 Å². The molecule has 0 atom stereocenters. The molecule has 1 aromatic carbocycles. The van der Waals surface area contributed by atoms with E-state index in [9.17, 15) is 5.21 Å².